The van der Waals surface area contributed by atoms with Gasteiger partial charge in [0.1, 0.15) is 0 Å². The summed E-state index contributed by atoms with van der Waals surface area (Å²) in [6.45, 7) is 3.33. The van der Waals surface area contributed by atoms with Crippen LogP contribution in [0.3, 0.4) is 0 Å². The predicted octanol–water partition coefficient (Wildman–Crippen LogP) is -0.593. The molecular formula is C14H26N4O2. The van der Waals surface area contributed by atoms with E-state index in [1.807, 2.05) is 0 Å². The Hall–Kier alpha value is -1.14. The van der Waals surface area contributed by atoms with E-state index < -0.39 is 0 Å². The van der Waals surface area contributed by atoms with E-state index in [9.17, 15) is 9.59 Å². The van der Waals surface area contributed by atoms with Gasteiger partial charge in [-0.3, -0.25) is 14.5 Å². The molecule has 1 unspecified atom stereocenters. The summed E-state index contributed by atoms with van der Waals surface area (Å²) < 4.78 is 0. The van der Waals surface area contributed by atoms with Crippen molar-refractivity contribution in [3.63, 3.8) is 0 Å². The Morgan fingerprint density at radius 2 is 2.05 bits per heavy atom. The molecule has 20 heavy (non-hydrogen) atoms. The zero-order chi connectivity index (χ0) is 14.5. The van der Waals surface area contributed by atoms with E-state index in [-0.39, 0.29) is 11.8 Å². The highest BCUT2D eigenvalue weighted by Crippen LogP contribution is 2.11. The molecule has 0 spiro atoms. The number of piperidine rings is 1. The van der Waals surface area contributed by atoms with Crippen molar-refractivity contribution in [2.75, 3.05) is 40.3 Å². The fourth-order valence-electron chi connectivity index (χ4n) is 2.77. The van der Waals surface area contributed by atoms with E-state index in [1.54, 1.807) is 19.0 Å². The highest BCUT2D eigenvalue weighted by molar-refractivity contribution is 5.78. The number of likely N-dealkylation sites (tertiary alicyclic amines) is 1. The van der Waals surface area contributed by atoms with Crippen LogP contribution < -0.4 is 10.6 Å². The van der Waals surface area contributed by atoms with Gasteiger partial charge >= 0.3 is 0 Å². The van der Waals surface area contributed by atoms with Crippen LogP contribution in [0.1, 0.15) is 25.7 Å². The molecule has 2 aliphatic rings. The van der Waals surface area contributed by atoms with Crippen LogP contribution in [0, 0.1) is 0 Å². The highest BCUT2D eigenvalue weighted by atomic mass is 16.2. The quantitative estimate of drug-likeness (QED) is 0.707. The van der Waals surface area contributed by atoms with E-state index in [0.717, 1.165) is 38.9 Å². The molecule has 2 fully saturated rings. The Morgan fingerprint density at radius 1 is 1.35 bits per heavy atom. The molecule has 0 aromatic rings. The molecule has 2 heterocycles. The fourth-order valence-corrected chi connectivity index (χ4v) is 2.77. The fraction of sp³-hybridized carbons (Fsp3) is 0.857. The zero-order valence-corrected chi connectivity index (χ0v) is 12.5. The van der Waals surface area contributed by atoms with Gasteiger partial charge in [-0.2, -0.15) is 0 Å². The van der Waals surface area contributed by atoms with Crippen LogP contribution in [-0.4, -0.2) is 74.0 Å². The topological polar surface area (TPSA) is 64.7 Å². The standard InChI is InChI=1S/C14H26N4O2/c1-17(2)14(20)10-18-7-5-11(6-8-18)15-9-12-3-4-13(19)16-12/h11-12,15H,3-10H2,1-2H3,(H,16,19). The summed E-state index contributed by atoms with van der Waals surface area (Å²) in [5, 5.41) is 6.52. The van der Waals surface area contributed by atoms with Gasteiger partial charge in [0, 0.05) is 52.2 Å². The van der Waals surface area contributed by atoms with Crippen LogP contribution in [0.5, 0.6) is 0 Å². The maximum atomic E-state index is 11.7. The SMILES string of the molecule is CN(C)C(=O)CN1CCC(NCC2CCC(=O)N2)CC1. The zero-order valence-electron chi connectivity index (χ0n) is 12.5. The number of rotatable bonds is 5. The number of amides is 2. The van der Waals surface area contributed by atoms with Gasteiger partial charge in [0.15, 0.2) is 0 Å². The van der Waals surface area contributed by atoms with E-state index in [0.29, 0.717) is 25.0 Å². The molecule has 1 atom stereocenters. The normalized spacial score (nSPS) is 24.7. The first-order valence-electron chi connectivity index (χ1n) is 7.50. The third-order valence-corrected chi connectivity index (χ3v) is 4.18. The molecule has 2 saturated heterocycles. The molecule has 114 valence electrons. The Kier molecular flexibility index (Phi) is 5.37. The average molecular weight is 282 g/mol. The molecular weight excluding hydrogens is 256 g/mol. The molecule has 2 rings (SSSR count). The second-order valence-corrected chi connectivity index (χ2v) is 6.05. The minimum atomic E-state index is 0.171. The maximum Gasteiger partial charge on any atom is 0.236 e. The summed E-state index contributed by atoms with van der Waals surface area (Å²) in [6, 6.07) is 0.814. The van der Waals surface area contributed by atoms with Gasteiger partial charge in [0.25, 0.3) is 0 Å². The van der Waals surface area contributed by atoms with E-state index >= 15 is 0 Å². The van der Waals surface area contributed by atoms with Gasteiger partial charge in [-0.25, -0.2) is 0 Å². The van der Waals surface area contributed by atoms with Crippen LogP contribution in [0.4, 0.5) is 0 Å². The van der Waals surface area contributed by atoms with Crippen molar-refractivity contribution in [3.8, 4) is 0 Å². The van der Waals surface area contributed by atoms with Crippen LogP contribution in [-0.2, 0) is 9.59 Å². The number of carbonyl (C=O) groups is 2. The molecule has 6 heteroatoms. The maximum absolute atomic E-state index is 11.7. The predicted molar refractivity (Wildman–Crippen MR) is 77.3 cm³/mol. The van der Waals surface area contributed by atoms with Gasteiger partial charge < -0.3 is 15.5 Å². The van der Waals surface area contributed by atoms with Crippen molar-refractivity contribution in [1.82, 2.24) is 20.4 Å². The Balaban J connectivity index is 1.62. The van der Waals surface area contributed by atoms with Crippen LogP contribution >= 0.6 is 0 Å². The average Bonchev–Trinajstić information content (AvgIpc) is 2.83. The minimum Gasteiger partial charge on any atom is -0.352 e. The molecule has 0 aromatic carbocycles. The Bertz CT molecular complexity index is 351. The second-order valence-electron chi connectivity index (χ2n) is 6.05. The van der Waals surface area contributed by atoms with Gasteiger partial charge in [-0.15, -0.1) is 0 Å². The molecule has 0 bridgehead atoms. The minimum absolute atomic E-state index is 0.171. The lowest BCUT2D eigenvalue weighted by Gasteiger charge is -2.33. The van der Waals surface area contributed by atoms with Crippen LogP contribution in [0.15, 0.2) is 0 Å². The molecule has 0 aliphatic carbocycles. The molecule has 0 saturated carbocycles. The van der Waals surface area contributed by atoms with E-state index in [2.05, 4.69) is 15.5 Å². The molecule has 6 nitrogen and oxygen atoms in total. The lowest BCUT2D eigenvalue weighted by atomic mass is 10.0. The van der Waals surface area contributed by atoms with Gasteiger partial charge in [0.2, 0.25) is 11.8 Å². The molecule has 2 N–H and O–H groups in total. The highest BCUT2D eigenvalue weighted by Gasteiger charge is 2.24. The number of nitrogens with one attached hydrogen (secondary N) is 2. The smallest absolute Gasteiger partial charge is 0.236 e. The van der Waals surface area contributed by atoms with Gasteiger partial charge in [0.05, 0.1) is 6.54 Å². The number of hydrogen-bond acceptors (Lipinski definition) is 4. The number of hydrogen-bond donors (Lipinski definition) is 2. The molecule has 0 radical (unpaired) electrons. The number of carbonyl (C=O) groups excluding carboxylic acids is 2. The van der Waals surface area contributed by atoms with Crippen molar-refractivity contribution in [1.29, 1.82) is 0 Å². The van der Waals surface area contributed by atoms with Crippen molar-refractivity contribution >= 4 is 11.8 Å². The Labute approximate surface area is 120 Å². The summed E-state index contributed by atoms with van der Waals surface area (Å²) in [7, 11) is 3.60. The lowest BCUT2D eigenvalue weighted by Crippen LogP contribution is -2.48. The van der Waals surface area contributed by atoms with Gasteiger partial charge in [-0.05, 0) is 19.3 Å². The largest absolute Gasteiger partial charge is 0.352 e. The summed E-state index contributed by atoms with van der Waals surface area (Å²) in [4.78, 5) is 26.6. The molecule has 2 amide bonds. The monoisotopic (exact) mass is 282 g/mol. The van der Waals surface area contributed by atoms with Crippen molar-refractivity contribution in [2.24, 2.45) is 0 Å². The first-order chi connectivity index (χ1) is 9.54. The van der Waals surface area contributed by atoms with E-state index in [1.165, 1.54) is 0 Å². The lowest BCUT2D eigenvalue weighted by molar-refractivity contribution is -0.130. The summed E-state index contributed by atoms with van der Waals surface area (Å²) in [5.41, 5.74) is 0. The van der Waals surface area contributed by atoms with E-state index in [4.69, 9.17) is 0 Å². The summed E-state index contributed by atoms with van der Waals surface area (Å²) in [6.07, 6.45) is 3.75. The van der Waals surface area contributed by atoms with Crippen LogP contribution in [0.25, 0.3) is 0 Å². The summed E-state index contributed by atoms with van der Waals surface area (Å²) in [5.74, 6) is 0.346. The molecule has 0 aromatic heterocycles. The molecule has 2 aliphatic heterocycles. The third-order valence-electron chi connectivity index (χ3n) is 4.18. The van der Waals surface area contributed by atoms with Crippen LogP contribution in [0.2, 0.25) is 0 Å². The van der Waals surface area contributed by atoms with Crippen molar-refractivity contribution < 1.29 is 9.59 Å². The third kappa shape index (κ3) is 4.45. The van der Waals surface area contributed by atoms with Crippen molar-refractivity contribution in [3.05, 3.63) is 0 Å². The first kappa shape index (κ1) is 15.3. The first-order valence-corrected chi connectivity index (χ1v) is 7.50. The summed E-state index contributed by atoms with van der Waals surface area (Å²) >= 11 is 0. The van der Waals surface area contributed by atoms with Crippen molar-refractivity contribution in [2.45, 2.75) is 37.8 Å². The Morgan fingerprint density at radius 3 is 2.60 bits per heavy atom. The van der Waals surface area contributed by atoms with Gasteiger partial charge in [-0.1, -0.05) is 0 Å². The number of likely N-dealkylation sites (N-methyl/N-ethyl adjacent to an activating group) is 1. The second kappa shape index (κ2) is 7.04. The number of nitrogens with zero attached hydrogens (tertiary/aromatic N) is 2.